The van der Waals surface area contributed by atoms with E-state index in [0.717, 1.165) is 63.5 Å². The van der Waals surface area contributed by atoms with Crippen molar-refractivity contribution in [3.05, 3.63) is 35.4 Å². The van der Waals surface area contributed by atoms with Gasteiger partial charge in [-0.05, 0) is 45.1 Å². The van der Waals surface area contributed by atoms with Crippen LogP contribution in [0.4, 0.5) is 8.78 Å². The number of benzene rings is 1. The summed E-state index contributed by atoms with van der Waals surface area (Å²) in [6.45, 7) is 14.3. The molecule has 0 spiro atoms. The molecule has 14 heteroatoms. The fraction of sp³-hybridized carbons (Fsp3) is 0.722. The number of rotatable bonds is 25. The minimum atomic E-state index is -4.81. The van der Waals surface area contributed by atoms with E-state index >= 15 is 8.78 Å². The molecule has 0 fully saturated rings. The second-order valence-electron chi connectivity index (χ2n) is 12.9. The van der Waals surface area contributed by atoms with Gasteiger partial charge in [-0.3, -0.25) is 23.7 Å². The van der Waals surface area contributed by atoms with Crippen molar-refractivity contribution >= 4 is 31.2 Å². The molecule has 1 rings (SSSR count). The molecular formula is C36H61F2N4O7P. The van der Waals surface area contributed by atoms with Crippen molar-refractivity contribution in [1.29, 1.82) is 0 Å². The molecule has 0 bridgehead atoms. The van der Waals surface area contributed by atoms with Gasteiger partial charge in [0.05, 0.1) is 13.2 Å². The van der Waals surface area contributed by atoms with Crippen LogP contribution in [0.1, 0.15) is 118 Å². The van der Waals surface area contributed by atoms with Crippen molar-refractivity contribution in [1.82, 2.24) is 20.9 Å². The number of unbranched alkanes of at least 4 members (excludes halogenated alkanes) is 6. The topological polar surface area (TPSA) is 143 Å². The van der Waals surface area contributed by atoms with Gasteiger partial charge in [0.15, 0.2) is 0 Å². The van der Waals surface area contributed by atoms with E-state index in [0.29, 0.717) is 18.7 Å². The molecule has 0 radical (unpaired) electrons. The van der Waals surface area contributed by atoms with Crippen LogP contribution < -0.4 is 16.0 Å². The summed E-state index contributed by atoms with van der Waals surface area (Å²) in [7, 11) is -4.81. The Bertz CT molecular complexity index is 1230. The first kappa shape index (κ1) is 45.1. The monoisotopic (exact) mass is 730 g/mol. The Morgan fingerprint density at radius 1 is 0.780 bits per heavy atom. The Morgan fingerprint density at radius 2 is 1.30 bits per heavy atom. The minimum Gasteiger partial charge on any atom is -0.344 e. The van der Waals surface area contributed by atoms with Crippen molar-refractivity contribution in [2.24, 2.45) is 5.92 Å². The zero-order valence-electron chi connectivity index (χ0n) is 31.3. The van der Waals surface area contributed by atoms with E-state index < -0.39 is 54.7 Å². The van der Waals surface area contributed by atoms with Crippen molar-refractivity contribution < 1.29 is 41.6 Å². The number of nitrogens with one attached hydrogen (secondary N) is 3. The maximum absolute atomic E-state index is 15.2. The SMILES string of the molecule is CCCCCCN(CCCCCC)C(=O)C(C)NC(=O)[C@@H](NC(=O)[C@H](Cc1ccc(C(F)(F)P(=O)(OCC)OCC)cc1)NC(C)=O)C(C)C. The van der Waals surface area contributed by atoms with E-state index in [1.807, 2.05) is 4.90 Å². The lowest BCUT2D eigenvalue weighted by molar-refractivity contribution is -0.137. The second kappa shape index (κ2) is 22.8. The molecule has 1 aromatic rings. The Labute approximate surface area is 297 Å². The van der Waals surface area contributed by atoms with Crippen molar-refractivity contribution in [2.75, 3.05) is 26.3 Å². The molecule has 1 unspecified atom stereocenters. The van der Waals surface area contributed by atoms with Gasteiger partial charge in [0.2, 0.25) is 23.6 Å². The predicted molar refractivity (Wildman–Crippen MR) is 192 cm³/mol. The molecule has 0 saturated heterocycles. The van der Waals surface area contributed by atoms with Gasteiger partial charge in [-0.2, -0.15) is 8.78 Å². The van der Waals surface area contributed by atoms with E-state index in [9.17, 15) is 23.7 Å². The van der Waals surface area contributed by atoms with Crippen LogP contribution in [0.2, 0.25) is 0 Å². The number of halogens is 2. The fourth-order valence-corrected chi connectivity index (χ4v) is 6.99. The molecular weight excluding hydrogens is 669 g/mol. The number of nitrogens with zero attached hydrogens (tertiary/aromatic N) is 1. The lowest BCUT2D eigenvalue weighted by Gasteiger charge is -2.29. The molecule has 0 heterocycles. The van der Waals surface area contributed by atoms with Crippen LogP contribution >= 0.6 is 7.60 Å². The van der Waals surface area contributed by atoms with Crippen LogP contribution in [-0.2, 0) is 44.9 Å². The predicted octanol–water partition coefficient (Wildman–Crippen LogP) is 6.68. The van der Waals surface area contributed by atoms with E-state index in [1.54, 1.807) is 20.8 Å². The van der Waals surface area contributed by atoms with Gasteiger partial charge in [0, 0.05) is 32.0 Å². The normalized spacial score (nSPS) is 13.7. The van der Waals surface area contributed by atoms with E-state index in [1.165, 1.54) is 32.9 Å². The van der Waals surface area contributed by atoms with Gasteiger partial charge in [-0.1, -0.05) is 90.5 Å². The summed E-state index contributed by atoms with van der Waals surface area (Å²) in [5, 5.41) is 8.07. The summed E-state index contributed by atoms with van der Waals surface area (Å²) in [5.41, 5.74) is -4.10. The van der Waals surface area contributed by atoms with Crippen LogP contribution in [-0.4, -0.2) is 73.0 Å². The Balaban J connectivity index is 3.09. The van der Waals surface area contributed by atoms with Crippen molar-refractivity contribution in [3.63, 3.8) is 0 Å². The largest absolute Gasteiger partial charge is 0.404 e. The highest BCUT2D eigenvalue weighted by Crippen LogP contribution is 2.66. The number of alkyl halides is 2. The third kappa shape index (κ3) is 14.4. The van der Waals surface area contributed by atoms with Gasteiger partial charge in [0.1, 0.15) is 18.1 Å². The molecule has 0 aromatic heterocycles. The summed E-state index contributed by atoms with van der Waals surface area (Å²) in [6, 6.07) is 1.83. The maximum Gasteiger partial charge on any atom is 0.404 e. The highest BCUT2D eigenvalue weighted by atomic mass is 31.2. The molecule has 11 nitrogen and oxygen atoms in total. The van der Waals surface area contributed by atoms with Crippen LogP contribution in [0.3, 0.4) is 0 Å². The summed E-state index contributed by atoms with van der Waals surface area (Å²) in [6.07, 6.45) is 8.08. The molecule has 4 amide bonds. The minimum absolute atomic E-state index is 0.0851. The first-order chi connectivity index (χ1) is 23.6. The molecule has 0 saturated carbocycles. The quantitative estimate of drug-likeness (QED) is 0.0752. The zero-order valence-corrected chi connectivity index (χ0v) is 32.2. The fourth-order valence-electron chi connectivity index (χ4n) is 5.45. The number of carbonyl (C=O) groups excluding carboxylic acids is 4. The Kier molecular flexibility index (Phi) is 20.6. The molecule has 0 aliphatic carbocycles. The van der Waals surface area contributed by atoms with E-state index in [-0.39, 0.29) is 31.5 Å². The zero-order chi connectivity index (χ0) is 37.9. The molecule has 0 aliphatic rings. The molecule has 3 atom stereocenters. The second-order valence-corrected chi connectivity index (χ2v) is 15.0. The summed E-state index contributed by atoms with van der Waals surface area (Å²) < 4.78 is 53.0. The third-order valence-corrected chi connectivity index (χ3v) is 10.4. The van der Waals surface area contributed by atoms with Crippen molar-refractivity contribution in [3.8, 4) is 0 Å². The molecule has 1 aromatic carbocycles. The van der Waals surface area contributed by atoms with Crippen molar-refractivity contribution in [2.45, 2.75) is 137 Å². The molecule has 3 N–H and O–H groups in total. The summed E-state index contributed by atoms with van der Waals surface area (Å²) in [5.74, 6) is -2.25. The lowest BCUT2D eigenvalue weighted by Crippen LogP contribution is -2.58. The highest BCUT2D eigenvalue weighted by Gasteiger charge is 2.54. The number of hydrogen-bond donors (Lipinski definition) is 3. The molecule has 50 heavy (non-hydrogen) atoms. The Morgan fingerprint density at radius 3 is 1.74 bits per heavy atom. The van der Waals surface area contributed by atoms with Crippen LogP contribution in [0.15, 0.2) is 24.3 Å². The Hall–Kier alpha value is -2.89. The van der Waals surface area contributed by atoms with Crippen LogP contribution in [0.25, 0.3) is 0 Å². The summed E-state index contributed by atoms with van der Waals surface area (Å²) >= 11 is 0. The first-order valence-corrected chi connectivity index (χ1v) is 19.7. The smallest absolute Gasteiger partial charge is 0.344 e. The van der Waals surface area contributed by atoms with Gasteiger partial charge in [-0.15, -0.1) is 0 Å². The van der Waals surface area contributed by atoms with Gasteiger partial charge in [0.25, 0.3) is 0 Å². The first-order valence-electron chi connectivity index (χ1n) is 18.1. The lowest BCUT2D eigenvalue weighted by atomic mass is 10.00. The number of hydrogen-bond acceptors (Lipinski definition) is 7. The third-order valence-electron chi connectivity index (χ3n) is 8.23. The van der Waals surface area contributed by atoms with Gasteiger partial charge in [-0.25, -0.2) is 0 Å². The maximum atomic E-state index is 15.2. The number of amides is 4. The average Bonchev–Trinajstić information content (AvgIpc) is 3.05. The van der Waals surface area contributed by atoms with E-state index in [4.69, 9.17) is 9.05 Å². The molecule has 0 aliphatic heterocycles. The highest BCUT2D eigenvalue weighted by molar-refractivity contribution is 7.54. The average molecular weight is 731 g/mol. The van der Waals surface area contributed by atoms with Crippen LogP contribution in [0.5, 0.6) is 0 Å². The van der Waals surface area contributed by atoms with Gasteiger partial charge < -0.3 is 29.9 Å². The van der Waals surface area contributed by atoms with E-state index in [2.05, 4.69) is 29.8 Å². The standard InChI is InChI=1S/C36H61F2N4O7P/c1-9-13-15-17-23-42(24-18-16-14-10-2)35(46)27(7)39-34(45)32(26(5)6)41-33(44)31(40-28(8)43)25-29-19-21-30(22-20-29)36(37,38)50(47,48-11-3)49-12-4/h19-22,26-27,31-32H,9-18,23-25H2,1-8H3,(H,39,45)(H,40,43)(H,41,44)/t27?,31-,32-/m0/s1. The van der Waals surface area contributed by atoms with Crippen LogP contribution in [0, 0.1) is 5.92 Å². The van der Waals surface area contributed by atoms with Gasteiger partial charge >= 0.3 is 13.3 Å². The summed E-state index contributed by atoms with van der Waals surface area (Å²) in [4.78, 5) is 54.3. The molecule has 286 valence electrons. The number of carbonyl (C=O) groups is 4.